The lowest BCUT2D eigenvalue weighted by Crippen LogP contribution is -2.12. The van der Waals surface area contributed by atoms with Gasteiger partial charge in [0.15, 0.2) is 5.82 Å². The van der Waals surface area contributed by atoms with Gasteiger partial charge in [0.05, 0.1) is 6.10 Å². The van der Waals surface area contributed by atoms with Gasteiger partial charge >= 0.3 is 0 Å². The second-order valence-electron chi connectivity index (χ2n) is 4.69. The summed E-state index contributed by atoms with van der Waals surface area (Å²) >= 11 is 0. The fourth-order valence-electron chi connectivity index (χ4n) is 2.15. The first-order valence-corrected chi connectivity index (χ1v) is 6.81. The highest BCUT2D eigenvalue weighted by Gasteiger charge is 2.18. The molecule has 1 aromatic heterocycles. The predicted molar refractivity (Wildman–Crippen MR) is 77.3 cm³/mol. The van der Waals surface area contributed by atoms with Crippen LogP contribution in [0, 0.1) is 6.92 Å². The van der Waals surface area contributed by atoms with Crippen molar-refractivity contribution in [2.45, 2.75) is 33.0 Å². The van der Waals surface area contributed by atoms with E-state index in [1.54, 1.807) is 13.1 Å². The molecule has 2 aromatic rings. The normalized spacial score (nSPS) is 14.0. The van der Waals surface area contributed by atoms with Crippen LogP contribution in [0.25, 0.3) is 0 Å². The van der Waals surface area contributed by atoms with Crippen molar-refractivity contribution in [1.29, 1.82) is 0 Å². The average molecular weight is 272 g/mol. The largest absolute Gasteiger partial charge is 0.389 e. The SMILES string of the molecule is CCOC(c1ccccc1)c1ncc([C@H](C)O)c(C)n1. The van der Waals surface area contributed by atoms with Gasteiger partial charge in [-0.3, -0.25) is 0 Å². The summed E-state index contributed by atoms with van der Waals surface area (Å²) in [6, 6.07) is 9.91. The molecule has 1 aromatic carbocycles. The molecule has 1 heterocycles. The van der Waals surface area contributed by atoms with Crippen molar-refractivity contribution in [2.24, 2.45) is 0 Å². The third-order valence-electron chi connectivity index (χ3n) is 3.16. The third-order valence-corrected chi connectivity index (χ3v) is 3.16. The number of aromatic nitrogens is 2. The zero-order valence-corrected chi connectivity index (χ0v) is 12.1. The lowest BCUT2D eigenvalue weighted by Gasteiger charge is -2.17. The Bertz CT molecular complexity index is 556. The highest BCUT2D eigenvalue weighted by Crippen LogP contribution is 2.24. The number of aryl methyl sites for hydroxylation is 1. The summed E-state index contributed by atoms with van der Waals surface area (Å²) < 4.78 is 5.78. The van der Waals surface area contributed by atoms with Crippen molar-refractivity contribution in [2.75, 3.05) is 6.61 Å². The smallest absolute Gasteiger partial charge is 0.162 e. The molecule has 4 heteroatoms. The van der Waals surface area contributed by atoms with E-state index < -0.39 is 6.10 Å². The first-order chi connectivity index (χ1) is 9.63. The minimum Gasteiger partial charge on any atom is -0.389 e. The Balaban J connectivity index is 2.38. The number of hydrogen-bond acceptors (Lipinski definition) is 4. The zero-order valence-electron chi connectivity index (χ0n) is 12.1. The van der Waals surface area contributed by atoms with E-state index in [4.69, 9.17) is 4.74 Å². The standard InChI is InChI=1S/C16H20N2O2/c1-4-20-15(13-8-6-5-7-9-13)16-17-10-14(12(3)19)11(2)18-16/h5-10,12,15,19H,4H2,1-3H3/t12-,15?/m0/s1. The Morgan fingerprint density at radius 3 is 2.50 bits per heavy atom. The minimum absolute atomic E-state index is 0.275. The quantitative estimate of drug-likeness (QED) is 0.909. The van der Waals surface area contributed by atoms with Gasteiger partial charge in [-0.25, -0.2) is 9.97 Å². The molecular formula is C16H20N2O2. The van der Waals surface area contributed by atoms with Crippen LogP contribution in [0.3, 0.4) is 0 Å². The van der Waals surface area contributed by atoms with Crippen molar-refractivity contribution in [1.82, 2.24) is 9.97 Å². The fourth-order valence-corrected chi connectivity index (χ4v) is 2.15. The summed E-state index contributed by atoms with van der Waals surface area (Å²) in [5.74, 6) is 0.625. The average Bonchev–Trinajstić information content (AvgIpc) is 2.45. The zero-order chi connectivity index (χ0) is 14.5. The number of ether oxygens (including phenoxy) is 1. The number of aliphatic hydroxyl groups excluding tert-OH is 1. The molecule has 0 amide bonds. The maximum Gasteiger partial charge on any atom is 0.162 e. The van der Waals surface area contributed by atoms with Crippen LogP contribution in [0.1, 0.15) is 48.7 Å². The van der Waals surface area contributed by atoms with E-state index >= 15 is 0 Å². The summed E-state index contributed by atoms with van der Waals surface area (Å²) in [4.78, 5) is 8.85. The third kappa shape index (κ3) is 3.21. The van der Waals surface area contributed by atoms with Gasteiger partial charge in [-0.2, -0.15) is 0 Å². The van der Waals surface area contributed by atoms with Crippen LogP contribution in [0.2, 0.25) is 0 Å². The van der Waals surface area contributed by atoms with Crippen molar-refractivity contribution < 1.29 is 9.84 Å². The lowest BCUT2D eigenvalue weighted by atomic mass is 10.1. The first-order valence-electron chi connectivity index (χ1n) is 6.81. The van der Waals surface area contributed by atoms with Crippen LogP contribution in [0.5, 0.6) is 0 Å². The van der Waals surface area contributed by atoms with Crippen LogP contribution in [-0.2, 0) is 4.74 Å². The van der Waals surface area contributed by atoms with E-state index in [1.807, 2.05) is 44.2 Å². The molecular weight excluding hydrogens is 252 g/mol. The van der Waals surface area contributed by atoms with E-state index in [2.05, 4.69) is 9.97 Å². The molecule has 20 heavy (non-hydrogen) atoms. The van der Waals surface area contributed by atoms with Crippen LogP contribution < -0.4 is 0 Å². The number of aliphatic hydroxyl groups is 1. The molecule has 2 atom stereocenters. The maximum atomic E-state index is 9.64. The molecule has 1 N–H and O–H groups in total. The number of benzene rings is 1. The van der Waals surface area contributed by atoms with Crippen molar-refractivity contribution >= 4 is 0 Å². The van der Waals surface area contributed by atoms with E-state index in [0.29, 0.717) is 12.4 Å². The van der Waals surface area contributed by atoms with Gasteiger partial charge in [0, 0.05) is 24.1 Å². The minimum atomic E-state index is -0.564. The van der Waals surface area contributed by atoms with Crippen molar-refractivity contribution in [3.63, 3.8) is 0 Å². The topological polar surface area (TPSA) is 55.2 Å². The predicted octanol–water partition coefficient (Wildman–Crippen LogP) is 2.96. The highest BCUT2D eigenvalue weighted by molar-refractivity contribution is 5.25. The van der Waals surface area contributed by atoms with E-state index in [-0.39, 0.29) is 6.10 Å². The van der Waals surface area contributed by atoms with Crippen LogP contribution in [-0.4, -0.2) is 21.7 Å². The molecule has 0 aliphatic carbocycles. The molecule has 0 spiro atoms. The molecule has 0 saturated heterocycles. The summed E-state index contributed by atoms with van der Waals surface area (Å²) in [5.41, 5.74) is 2.56. The van der Waals surface area contributed by atoms with Gasteiger partial charge in [-0.05, 0) is 26.3 Å². The molecule has 2 rings (SSSR count). The van der Waals surface area contributed by atoms with E-state index in [9.17, 15) is 5.11 Å². The number of rotatable bonds is 5. The molecule has 0 aliphatic heterocycles. The molecule has 0 bridgehead atoms. The summed E-state index contributed by atoms with van der Waals surface area (Å²) in [6.45, 7) is 6.12. The van der Waals surface area contributed by atoms with Gasteiger partial charge in [0.1, 0.15) is 6.10 Å². The maximum absolute atomic E-state index is 9.64. The van der Waals surface area contributed by atoms with Crippen LogP contribution >= 0.6 is 0 Å². The Morgan fingerprint density at radius 1 is 1.25 bits per heavy atom. The van der Waals surface area contributed by atoms with Crippen LogP contribution in [0.4, 0.5) is 0 Å². The van der Waals surface area contributed by atoms with E-state index in [1.165, 1.54) is 0 Å². The monoisotopic (exact) mass is 272 g/mol. The summed E-state index contributed by atoms with van der Waals surface area (Å²) in [7, 11) is 0. The second-order valence-corrected chi connectivity index (χ2v) is 4.69. The molecule has 0 saturated carbocycles. The van der Waals surface area contributed by atoms with Gasteiger partial charge in [0.25, 0.3) is 0 Å². The van der Waals surface area contributed by atoms with Crippen molar-refractivity contribution in [3.05, 3.63) is 59.2 Å². The number of nitrogens with zero attached hydrogens (tertiary/aromatic N) is 2. The molecule has 4 nitrogen and oxygen atoms in total. The molecule has 106 valence electrons. The van der Waals surface area contributed by atoms with Gasteiger partial charge < -0.3 is 9.84 Å². The van der Waals surface area contributed by atoms with Gasteiger partial charge in [0.2, 0.25) is 0 Å². The Kier molecular flexibility index (Phi) is 4.82. The summed E-state index contributed by atoms with van der Waals surface area (Å²) in [6.07, 6.45) is 0.839. The van der Waals surface area contributed by atoms with Gasteiger partial charge in [-0.1, -0.05) is 30.3 Å². The molecule has 0 aliphatic rings. The number of hydrogen-bond donors (Lipinski definition) is 1. The molecule has 0 radical (unpaired) electrons. The molecule has 0 fully saturated rings. The highest BCUT2D eigenvalue weighted by atomic mass is 16.5. The molecule has 1 unspecified atom stereocenters. The fraction of sp³-hybridized carbons (Fsp3) is 0.375. The Morgan fingerprint density at radius 2 is 1.95 bits per heavy atom. The van der Waals surface area contributed by atoms with E-state index in [0.717, 1.165) is 16.8 Å². The summed E-state index contributed by atoms with van der Waals surface area (Å²) in [5, 5.41) is 9.64. The second kappa shape index (κ2) is 6.59. The Labute approximate surface area is 119 Å². The first kappa shape index (κ1) is 14.6. The Hall–Kier alpha value is -1.78. The van der Waals surface area contributed by atoms with Crippen molar-refractivity contribution in [3.8, 4) is 0 Å². The van der Waals surface area contributed by atoms with Crippen LogP contribution in [0.15, 0.2) is 36.5 Å². The lowest BCUT2D eigenvalue weighted by molar-refractivity contribution is 0.0847. The van der Waals surface area contributed by atoms with Gasteiger partial charge in [-0.15, -0.1) is 0 Å².